The maximum Gasteiger partial charge on any atom is 0.253 e. The van der Waals surface area contributed by atoms with Gasteiger partial charge in [-0.3, -0.25) is 20.0 Å². The van der Waals surface area contributed by atoms with Crippen LogP contribution in [0, 0.1) is 5.92 Å². The number of benzene rings is 1. The molecule has 1 unspecified atom stereocenters. The van der Waals surface area contributed by atoms with Crippen LogP contribution in [0.2, 0.25) is 0 Å². The molecule has 0 bridgehead atoms. The highest BCUT2D eigenvalue weighted by Gasteiger charge is 2.48. The Kier molecular flexibility index (Phi) is 8.10. The number of hydrogen-bond acceptors (Lipinski definition) is 6. The van der Waals surface area contributed by atoms with Crippen molar-refractivity contribution in [2.45, 2.75) is 70.1 Å². The van der Waals surface area contributed by atoms with Crippen LogP contribution in [0.5, 0.6) is 0 Å². The van der Waals surface area contributed by atoms with Gasteiger partial charge in [-0.1, -0.05) is 43.5 Å². The number of amides is 1. The number of carbonyl (C=O) groups excluding carboxylic acids is 1. The van der Waals surface area contributed by atoms with Gasteiger partial charge in [0.2, 0.25) is 10.0 Å². The molecule has 2 heterocycles. The largest absolute Gasteiger partial charge is 0.312 e. The summed E-state index contributed by atoms with van der Waals surface area (Å²) in [4.78, 5) is 19.8. The van der Waals surface area contributed by atoms with E-state index in [1.54, 1.807) is 6.08 Å². The molecule has 0 aromatic heterocycles. The van der Waals surface area contributed by atoms with E-state index in [4.69, 9.17) is 4.99 Å². The number of sulfonamides is 1. The molecule has 1 atom stereocenters. The molecule has 192 valence electrons. The number of rotatable bonds is 8. The van der Waals surface area contributed by atoms with Gasteiger partial charge in [0.25, 0.3) is 5.91 Å². The molecule has 1 saturated heterocycles. The van der Waals surface area contributed by atoms with E-state index in [9.17, 15) is 13.2 Å². The fourth-order valence-corrected chi connectivity index (χ4v) is 6.20. The van der Waals surface area contributed by atoms with E-state index in [1.165, 1.54) is 29.0 Å². The van der Waals surface area contributed by atoms with Gasteiger partial charge in [-0.25, -0.2) is 8.42 Å². The molecule has 3 aliphatic rings. The number of aliphatic imine (C=N–C) groups is 1. The molecule has 8 nitrogen and oxygen atoms in total. The lowest BCUT2D eigenvalue weighted by Crippen LogP contribution is -2.50. The Morgan fingerprint density at radius 2 is 1.83 bits per heavy atom. The zero-order valence-electron chi connectivity index (χ0n) is 21.2. The van der Waals surface area contributed by atoms with Gasteiger partial charge in [-0.05, 0) is 63.9 Å². The Hall–Kier alpha value is -2.07. The zero-order valence-corrected chi connectivity index (χ0v) is 22.0. The predicted molar refractivity (Wildman–Crippen MR) is 140 cm³/mol. The van der Waals surface area contributed by atoms with Gasteiger partial charge in [0, 0.05) is 31.0 Å². The average molecular weight is 502 g/mol. The SMILES string of the molecule is CC(NCc1ccc(/C=C/S(=O)(=O)N2CCC3(CC2)N=C(C2CCCCC2)NC3=O)cc1)N(C)C. The van der Waals surface area contributed by atoms with Crippen molar-refractivity contribution < 1.29 is 13.2 Å². The van der Waals surface area contributed by atoms with Crippen molar-refractivity contribution in [3.63, 3.8) is 0 Å². The minimum Gasteiger partial charge on any atom is -0.312 e. The summed E-state index contributed by atoms with van der Waals surface area (Å²) >= 11 is 0. The van der Waals surface area contributed by atoms with Gasteiger partial charge in [-0.15, -0.1) is 0 Å². The lowest BCUT2D eigenvalue weighted by Gasteiger charge is -2.34. The topological polar surface area (TPSA) is 94.1 Å². The van der Waals surface area contributed by atoms with E-state index < -0.39 is 15.6 Å². The molecule has 0 radical (unpaired) electrons. The lowest BCUT2D eigenvalue weighted by molar-refractivity contribution is -0.124. The van der Waals surface area contributed by atoms with E-state index >= 15 is 0 Å². The van der Waals surface area contributed by atoms with Crippen LogP contribution in [-0.4, -0.2) is 68.3 Å². The van der Waals surface area contributed by atoms with Gasteiger partial charge in [0.1, 0.15) is 11.4 Å². The summed E-state index contributed by atoms with van der Waals surface area (Å²) in [5.41, 5.74) is 1.18. The standard InChI is InChI=1S/C26H39N5O3S/c1-20(30(2)3)27-19-22-11-9-21(10-12-22)13-18-35(33,34)31-16-14-26(15-17-31)25(32)28-24(29-26)23-7-5-4-6-8-23/h9-13,18,20,23,27H,4-8,14-17,19H2,1-3H3,(H,28,29,32)/b18-13+. The van der Waals surface area contributed by atoms with Gasteiger partial charge in [0.15, 0.2) is 0 Å². The van der Waals surface area contributed by atoms with Crippen molar-refractivity contribution >= 4 is 27.8 Å². The molecule has 2 fully saturated rings. The summed E-state index contributed by atoms with van der Waals surface area (Å²) in [5, 5.41) is 7.74. The van der Waals surface area contributed by atoms with Crippen molar-refractivity contribution in [3.05, 3.63) is 40.8 Å². The molecule has 1 aromatic carbocycles. The van der Waals surface area contributed by atoms with Gasteiger partial charge < -0.3 is 5.32 Å². The first-order valence-electron chi connectivity index (χ1n) is 12.8. The van der Waals surface area contributed by atoms with E-state index in [0.29, 0.717) is 31.8 Å². The minimum absolute atomic E-state index is 0.0554. The molecule has 1 spiro atoms. The van der Waals surface area contributed by atoms with Crippen LogP contribution in [0.25, 0.3) is 6.08 Å². The Morgan fingerprint density at radius 1 is 1.17 bits per heavy atom. The highest BCUT2D eigenvalue weighted by Crippen LogP contribution is 2.34. The third-order valence-corrected chi connectivity index (χ3v) is 9.25. The number of nitrogens with zero attached hydrogens (tertiary/aromatic N) is 3. The summed E-state index contributed by atoms with van der Waals surface area (Å²) in [7, 11) is 0.487. The second-order valence-electron chi connectivity index (χ2n) is 10.3. The Morgan fingerprint density at radius 3 is 2.46 bits per heavy atom. The predicted octanol–water partition coefficient (Wildman–Crippen LogP) is 2.93. The molecule has 2 aliphatic heterocycles. The normalized spacial score (nSPS) is 22.6. The average Bonchev–Trinajstić information content (AvgIpc) is 3.18. The van der Waals surface area contributed by atoms with Crippen LogP contribution in [-0.2, 0) is 21.4 Å². The first-order chi connectivity index (χ1) is 16.7. The van der Waals surface area contributed by atoms with Crippen LogP contribution in [0.1, 0.15) is 63.0 Å². The van der Waals surface area contributed by atoms with Crippen LogP contribution in [0.3, 0.4) is 0 Å². The summed E-state index contributed by atoms with van der Waals surface area (Å²) in [5.74, 6) is 1.12. The van der Waals surface area contributed by atoms with Gasteiger partial charge >= 0.3 is 0 Å². The number of nitrogens with one attached hydrogen (secondary N) is 2. The maximum atomic E-state index is 13.0. The number of amidine groups is 1. The molecular weight excluding hydrogens is 462 g/mol. The Balaban J connectivity index is 1.33. The molecule has 1 aliphatic carbocycles. The quantitative estimate of drug-likeness (QED) is 0.534. The summed E-state index contributed by atoms with van der Waals surface area (Å²) in [6, 6.07) is 7.87. The molecule has 35 heavy (non-hydrogen) atoms. The summed E-state index contributed by atoms with van der Waals surface area (Å²) < 4.78 is 27.4. The minimum atomic E-state index is -3.57. The van der Waals surface area contributed by atoms with E-state index in [0.717, 1.165) is 36.3 Å². The highest BCUT2D eigenvalue weighted by molar-refractivity contribution is 7.92. The fourth-order valence-electron chi connectivity index (χ4n) is 5.01. The van der Waals surface area contributed by atoms with Crippen molar-refractivity contribution in [2.75, 3.05) is 27.2 Å². The molecule has 1 amide bonds. The first kappa shape index (κ1) is 26.0. The monoisotopic (exact) mass is 501 g/mol. The van der Waals surface area contributed by atoms with Crippen molar-refractivity contribution in [1.29, 1.82) is 0 Å². The molecule has 4 rings (SSSR count). The van der Waals surface area contributed by atoms with Crippen molar-refractivity contribution in [3.8, 4) is 0 Å². The second-order valence-corrected chi connectivity index (χ2v) is 12.1. The van der Waals surface area contributed by atoms with Crippen molar-refractivity contribution in [1.82, 2.24) is 19.8 Å². The number of hydrogen-bond donors (Lipinski definition) is 2. The zero-order chi connectivity index (χ0) is 25.1. The summed E-state index contributed by atoms with van der Waals surface area (Å²) in [6.07, 6.45) is 8.52. The third-order valence-electron chi connectivity index (χ3n) is 7.69. The number of piperidine rings is 1. The number of carbonyl (C=O) groups is 1. The maximum absolute atomic E-state index is 13.0. The molecule has 1 aromatic rings. The Bertz CT molecular complexity index is 1050. The molecule has 9 heteroatoms. The lowest BCUT2D eigenvalue weighted by atomic mass is 9.88. The summed E-state index contributed by atoms with van der Waals surface area (Å²) in [6.45, 7) is 3.45. The Labute approximate surface area is 209 Å². The highest BCUT2D eigenvalue weighted by atomic mass is 32.2. The fraction of sp³-hybridized carbons (Fsp3) is 0.615. The van der Waals surface area contributed by atoms with Gasteiger partial charge in [0.05, 0.1) is 6.17 Å². The van der Waals surface area contributed by atoms with E-state index in [-0.39, 0.29) is 12.1 Å². The first-order valence-corrected chi connectivity index (χ1v) is 14.3. The van der Waals surface area contributed by atoms with E-state index in [2.05, 4.69) is 22.5 Å². The molecular formula is C26H39N5O3S. The van der Waals surface area contributed by atoms with Crippen LogP contribution < -0.4 is 10.6 Å². The third kappa shape index (κ3) is 6.20. The van der Waals surface area contributed by atoms with E-state index in [1.807, 2.05) is 38.4 Å². The van der Waals surface area contributed by atoms with Crippen LogP contribution >= 0.6 is 0 Å². The molecule has 2 N–H and O–H groups in total. The second kappa shape index (κ2) is 10.9. The molecule has 1 saturated carbocycles. The van der Waals surface area contributed by atoms with Gasteiger partial charge in [-0.2, -0.15) is 4.31 Å². The smallest absolute Gasteiger partial charge is 0.253 e. The van der Waals surface area contributed by atoms with Crippen LogP contribution in [0.4, 0.5) is 0 Å². The van der Waals surface area contributed by atoms with Crippen molar-refractivity contribution in [2.24, 2.45) is 10.9 Å². The van der Waals surface area contributed by atoms with Crippen LogP contribution in [0.15, 0.2) is 34.7 Å².